The first kappa shape index (κ1) is 17.7. The molecule has 0 unspecified atom stereocenters. The van der Waals surface area contributed by atoms with E-state index in [0.29, 0.717) is 32.9 Å². The normalized spacial score (nSPS) is 10.2. The molecule has 2 rings (SSSR count). The van der Waals surface area contributed by atoms with E-state index in [1.165, 1.54) is 0 Å². The van der Waals surface area contributed by atoms with Crippen molar-refractivity contribution in [3.05, 3.63) is 52.0 Å². The third-order valence-corrected chi connectivity index (χ3v) is 3.71. The molecule has 0 aromatic heterocycles. The second-order valence-corrected chi connectivity index (χ2v) is 5.76. The Morgan fingerprint density at radius 3 is 2.52 bits per heavy atom. The minimum Gasteiger partial charge on any atom is -0.493 e. The minimum atomic E-state index is 0.234. The molecule has 4 nitrogen and oxygen atoms in total. The van der Waals surface area contributed by atoms with Crippen molar-refractivity contribution in [3.63, 3.8) is 0 Å². The number of benzene rings is 2. The van der Waals surface area contributed by atoms with Gasteiger partial charge in [-0.3, -0.25) is 0 Å². The number of ether oxygens (including phenoxy) is 3. The molecule has 0 aliphatic rings. The average Bonchev–Trinajstić information content (AvgIpc) is 2.54. The van der Waals surface area contributed by atoms with Crippen molar-refractivity contribution >= 4 is 40.4 Å². The van der Waals surface area contributed by atoms with Gasteiger partial charge < -0.3 is 19.9 Å². The maximum absolute atomic E-state index is 6.03. The Hall–Kier alpha value is -1.69. The Morgan fingerprint density at radius 1 is 1.09 bits per heavy atom. The maximum atomic E-state index is 6.03. The van der Waals surface area contributed by atoms with Crippen LogP contribution < -0.4 is 19.9 Å². The number of thiocarbonyl (C=S) groups is 1. The summed E-state index contributed by atoms with van der Waals surface area (Å²) in [5.41, 5.74) is 6.31. The number of hydrogen-bond acceptors (Lipinski definition) is 4. The van der Waals surface area contributed by atoms with E-state index < -0.39 is 0 Å². The molecule has 0 heterocycles. The lowest BCUT2D eigenvalue weighted by molar-refractivity contribution is 0.211. The van der Waals surface area contributed by atoms with Gasteiger partial charge in [0.15, 0.2) is 11.5 Å². The molecular formula is C16H15Cl2NO3S. The highest BCUT2D eigenvalue weighted by atomic mass is 35.5. The predicted molar refractivity (Wildman–Crippen MR) is 96.3 cm³/mol. The Morgan fingerprint density at radius 2 is 1.83 bits per heavy atom. The molecule has 0 fully saturated rings. The summed E-state index contributed by atoms with van der Waals surface area (Å²) in [4.78, 5) is 0.234. The van der Waals surface area contributed by atoms with Gasteiger partial charge in [0.1, 0.15) is 24.0 Å². The second-order valence-electron chi connectivity index (χ2n) is 4.47. The van der Waals surface area contributed by atoms with Crippen LogP contribution in [-0.4, -0.2) is 25.3 Å². The van der Waals surface area contributed by atoms with E-state index in [0.717, 1.165) is 0 Å². The van der Waals surface area contributed by atoms with Gasteiger partial charge >= 0.3 is 0 Å². The topological polar surface area (TPSA) is 53.7 Å². The van der Waals surface area contributed by atoms with E-state index in [1.807, 2.05) is 0 Å². The van der Waals surface area contributed by atoms with Crippen LogP contribution >= 0.6 is 35.4 Å². The number of hydrogen-bond donors (Lipinski definition) is 1. The van der Waals surface area contributed by atoms with Gasteiger partial charge in [0, 0.05) is 11.1 Å². The summed E-state index contributed by atoms with van der Waals surface area (Å²) >= 11 is 17.0. The number of para-hydroxylation sites is 1. The van der Waals surface area contributed by atoms with Crippen LogP contribution in [0.3, 0.4) is 0 Å². The molecule has 0 atom stereocenters. The van der Waals surface area contributed by atoms with Gasteiger partial charge in [-0.2, -0.15) is 0 Å². The zero-order valence-corrected chi connectivity index (χ0v) is 14.7. The maximum Gasteiger partial charge on any atom is 0.171 e. The summed E-state index contributed by atoms with van der Waals surface area (Å²) in [6.07, 6.45) is 0. The van der Waals surface area contributed by atoms with Gasteiger partial charge in [-0.05, 0) is 24.3 Å². The Balaban J connectivity index is 2.01. The number of nitrogens with two attached hydrogens (primary N) is 1. The molecular weight excluding hydrogens is 357 g/mol. The summed E-state index contributed by atoms with van der Waals surface area (Å²) in [6.45, 7) is 0.535. The SMILES string of the molecule is COc1cccc(C(N)=S)c1OCCOc1cc(Cl)ccc1Cl. The van der Waals surface area contributed by atoms with Crippen molar-refractivity contribution in [2.24, 2.45) is 5.73 Å². The molecule has 0 amide bonds. The highest BCUT2D eigenvalue weighted by Gasteiger charge is 2.12. The number of methoxy groups -OCH3 is 1. The molecule has 7 heteroatoms. The summed E-state index contributed by atoms with van der Waals surface area (Å²) < 4.78 is 16.6. The summed E-state index contributed by atoms with van der Waals surface area (Å²) in [7, 11) is 1.55. The lowest BCUT2D eigenvalue weighted by Gasteiger charge is -2.15. The van der Waals surface area contributed by atoms with Crippen molar-refractivity contribution in [2.45, 2.75) is 0 Å². The van der Waals surface area contributed by atoms with Crippen LogP contribution in [-0.2, 0) is 0 Å². The van der Waals surface area contributed by atoms with Crippen LogP contribution in [0.5, 0.6) is 17.2 Å². The molecule has 0 saturated carbocycles. The molecule has 0 saturated heterocycles. The third kappa shape index (κ3) is 4.64. The first-order valence-electron chi connectivity index (χ1n) is 6.70. The van der Waals surface area contributed by atoms with Crippen LogP contribution in [0, 0.1) is 0 Å². The third-order valence-electron chi connectivity index (χ3n) is 2.94. The Kier molecular flexibility index (Phi) is 6.33. The number of halogens is 2. The van der Waals surface area contributed by atoms with Gasteiger partial charge in [0.2, 0.25) is 0 Å². The summed E-state index contributed by atoms with van der Waals surface area (Å²) in [6, 6.07) is 10.3. The first-order chi connectivity index (χ1) is 11.0. The fourth-order valence-corrected chi connectivity index (χ4v) is 2.40. The molecule has 0 aliphatic heterocycles. The smallest absolute Gasteiger partial charge is 0.171 e. The van der Waals surface area contributed by atoms with Gasteiger partial charge in [0.25, 0.3) is 0 Å². The fraction of sp³-hybridized carbons (Fsp3) is 0.188. The van der Waals surface area contributed by atoms with E-state index in [4.69, 9.17) is 55.4 Å². The molecule has 122 valence electrons. The molecule has 23 heavy (non-hydrogen) atoms. The molecule has 2 N–H and O–H groups in total. The minimum absolute atomic E-state index is 0.234. The van der Waals surface area contributed by atoms with Crippen molar-refractivity contribution in [2.75, 3.05) is 20.3 Å². The molecule has 0 bridgehead atoms. The predicted octanol–water partition coefficient (Wildman–Crippen LogP) is 4.09. The van der Waals surface area contributed by atoms with Crippen LogP contribution in [0.25, 0.3) is 0 Å². The van der Waals surface area contributed by atoms with E-state index in [-0.39, 0.29) is 18.2 Å². The second kappa shape index (κ2) is 8.24. The highest BCUT2D eigenvalue weighted by Crippen LogP contribution is 2.31. The van der Waals surface area contributed by atoms with Crippen LogP contribution in [0.1, 0.15) is 5.56 Å². The van der Waals surface area contributed by atoms with Crippen molar-refractivity contribution in [3.8, 4) is 17.2 Å². The molecule has 2 aromatic carbocycles. The zero-order chi connectivity index (χ0) is 16.8. The first-order valence-corrected chi connectivity index (χ1v) is 7.86. The van der Waals surface area contributed by atoms with Crippen LogP contribution in [0.15, 0.2) is 36.4 Å². The van der Waals surface area contributed by atoms with Crippen molar-refractivity contribution in [1.29, 1.82) is 0 Å². The lowest BCUT2D eigenvalue weighted by atomic mass is 10.2. The van der Waals surface area contributed by atoms with Crippen molar-refractivity contribution < 1.29 is 14.2 Å². The quantitative estimate of drug-likeness (QED) is 0.586. The molecule has 0 aliphatic carbocycles. The highest BCUT2D eigenvalue weighted by molar-refractivity contribution is 7.80. The Bertz CT molecular complexity index is 710. The zero-order valence-electron chi connectivity index (χ0n) is 12.3. The van der Waals surface area contributed by atoms with Crippen LogP contribution in [0.4, 0.5) is 0 Å². The molecule has 0 spiro atoms. The van der Waals surface area contributed by atoms with Gasteiger partial charge in [-0.1, -0.05) is 41.5 Å². The average molecular weight is 372 g/mol. The van der Waals surface area contributed by atoms with E-state index in [2.05, 4.69) is 0 Å². The molecule has 2 aromatic rings. The van der Waals surface area contributed by atoms with Crippen LogP contribution in [0.2, 0.25) is 10.0 Å². The van der Waals surface area contributed by atoms with Gasteiger partial charge in [-0.15, -0.1) is 0 Å². The summed E-state index contributed by atoms with van der Waals surface area (Å²) in [5, 5.41) is 1.03. The van der Waals surface area contributed by atoms with Gasteiger partial charge in [0.05, 0.1) is 17.7 Å². The monoisotopic (exact) mass is 371 g/mol. The lowest BCUT2D eigenvalue weighted by Crippen LogP contribution is -2.15. The van der Waals surface area contributed by atoms with Crippen molar-refractivity contribution in [1.82, 2.24) is 0 Å². The van der Waals surface area contributed by atoms with Gasteiger partial charge in [-0.25, -0.2) is 0 Å². The Labute approximate surface area is 150 Å². The largest absolute Gasteiger partial charge is 0.493 e. The van der Waals surface area contributed by atoms with E-state index >= 15 is 0 Å². The van der Waals surface area contributed by atoms with E-state index in [9.17, 15) is 0 Å². The number of rotatable bonds is 7. The molecule has 0 radical (unpaired) electrons. The van der Waals surface area contributed by atoms with E-state index in [1.54, 1.807) is 43.5 Å². The standard InChI is InChI=1S/C16H15Cl2NO3S/c1-20-13-4-2-3-11(16(19)23)15(13)22-8-7-21-14-9-10(17)5-6-12(14)18/h2-6,9H,7-8H2,1H3,(H2,19,23). The summed E-state index contributed by atoms with van der Waals surface area (Å²) in [5.74, 6) is 1.54. The fourth-order valence-electron chi connectivity index (χ4n) is 1.90.